The van der Waals surface area contributed by atoms with E-state index in [4.69, 9.17) is 10.7 Å². The first-order valence-electron chi connectivity index (χ1n) is 11.5. The Bertz CT molecular complexity index is 1510. The van der Waals surface area contributed by atoms with Crippen molar-refractivity contribution in [2.24, 2.45) is 5.73 Å². The van der Waals surface area contributed by atoms with Crippen LogP contribution in [0.2, 0.25) is 0 Å². The van der Waals surface area contributed by atoms with E-state index in [1.165, 1.54) is 35.6 Å². The predicted octanol–water partition coefficient (Wildman–Crippen LogP) is 7.17. The number of thiazole rings is 1. The van der Waals surface area contributed by atoms with Gasteiger partial charge in [-0.25, -0.2) is 9.37 Å². The summed E-state index contributed by atoms with van der Waals surface area (Å²) in [5.74, 6) is -0.327. The molecule has 188 valence electrons. The number of nitrogens with one attached hydrogen (secondary N) is 1. The van der Waals surface area contributed by atoms with Crippen molar-refractivity contribution >= 4 is 27.2 Å². The number of benzene rings is 3. The Labute approximate surface area is 214 Å². The molecule has 0 aliphatic rings. The number of hydrogen-bond acceptors (Lipinski definition) is 5. The Hall–Kier alpha value is -3.82. The van der Waals surface area contributed by atoms with E-state index in [2.05, 4.69) is 16.4 Å². The average Bonchev–Trinajstić information content (AvgIpc) is 3.32. The van der Waals surface area contributed by atoms with Crippen molar-refractivity contribution in [2.75, 3.05) is 11.9 Å². The smallest absolute Gasteiger partial charge is 0.360 e. The first-order valence-corrected chi connectivity index (χ1v) is 12.3. The molecule has 0 spiro atoms. The fourth-order valence-electron chi connectivity index (χ4n) is 4.04. The van der Waals surface area contributed by atoms with E-state index in [9.17, 15) is 17.6 Å². The molecule has 37 heavy (non-hydrogen) atoms. The van der Waals surface area contributed by atoms with Crippen LogP contribution in [0.5, 0.6) is 0 Å². The first-order chi connectivity index (χ1) is 17.8. The van der Waals surface area contributed by atoms with Crippen LogP contribution in [-0.4, -0.2) is 22.6 Å². The van der Waals surface area contributed by atoms with Crippen LogP contribution in [0.4, 0.5) is 22.7 Å². The molecule has 3 N–H and O–H groups in total. The fraction of sp³-hybridized carbons (Fsp3) is 0.143. The molecule has 5 rings (SSSR count). The summed E-state index contributed by atoms with van der Waals surface area (Å²) in [6, 6.07) is 18.9. The lowest BCUT2D eigenvalue weighted by Crippen LogP contribution is -2.31. The van der Waals surface area contributed by atoms with Crippen LogP contribution in [0.1, 0.15) is 11.1 Å². The van der Waals surface area contributed by atoms with Crippen molar-refractivity contribution in [3.05, 3.63) is 102 Å². The standard InChI is InChI=1S/C28H22F4N4S/c29-23-9-5-18(6-10-23)25-26(20-3-4-21-15-34-12-11-19(21)14-20)37-27(36-25)35-16-24(33)13-17-1-7-22(8-2-17)28(30,31)32/h1-12,14-15,24H,13,16,33H2,(H,35,36)/t24-/m0/s1. The van der Waals surface area contributed by atoms with Gasteiger partial charge in [-0.3, -0.25) is 4.98 Å². The highest BCUT2D eigenvalue weighted by Crippen LogP contribution is 2.40. The van der Waals surface area contributed by atoms with E-state index in [1.54, 1.807) is 24.5 Å². The molecule has 0 aliphatic carbocycles. The molecule has 2 aromatic heterocycles. The third kappa shape index (κ3) is 5.79. The molecule has 0 saturated carbocycles. The van der Waals surface area contributed by atoms with Crippen LogP contribution in [0, 0.1) is 5.82 Å². The largest absolute Gasteiger partial charge is 0.416 e. The number of fused-ring (bicyclic) bond motifs is 1. The summed E-state index contributed by atoms with van der Waals surface area (Å²) in [6.45, 7) is 0.375. The second-order valence-corrected chi connectivity index (χ2v) is 9.68. The molecule has 1 atom stereocenters. The number of alkyl halides is 3. The molecule has 4 nitrogen and oxygen atoms in total. The van der Waals surface area contributed by atoms with Gasteiger partial charge >= 0.3 is 6.18 Å². The van der Waals surface area contributed by atoms with Crippen LogP contribution < -0.4 is 11.1 Å². The normalized spacial score (nSPS) is 12.6. The van der Waals surface area contributed by atoms with Gasteiger partial charge in [0.15, 0.2) is 5.13 Å². The molecule has 5 aromatic rings. The number of anilines is 1. The number of hydrogen-bond donors (Lipinski definition) is 2. The fourth-order valence-corrected chi connectivity index (χ4v) is 5.03. The van der Waals surface area contributed by atoms with Gasteiger partial charge in [0.2, 0.25) is 0 Å². The molecule has 0 amide bonds. The summed E-state index contributed by atoms with van der Waals surface area (Å²) >= 11 is 1.46. The van der Waals surface area contributed by atoms with E-state index >= 15 is 0 Å². The van der Waals surface area contributed by atoms with Gasteiger partial charge in [0.05, 0.1) is 16.1 Å². The lowest BCUT2D eigenvalue weighted by atomic mass is 10.0. The van der Waals surface area contributed by atoms with E-state index in [-0.39, 0.29) is 11.9 Å². The monoisotopic (exact) mass is 522 g/mol. The molecule has 0 unspecified atom stereocenters. The number of pyridine rings is 1. The highest BCUT2D eigenvalue weighted by molar-refractivity contribution is 7.19. The van der Waals surface area contributed by atoms with Crippen LogP contribution in [0.15, 0.2) is 85.2 Å². The number of halogens is 4. The maximum atomic E-state index is 13.6. The maximum absolute atomic E-state index is 13.6. The first kappa shape index (κ1) is 24.9. The summed E-state index contributed by atoms with van der Waals surface area (Å²) in [5, 5.41) is 5.97. The molecule has 3 aromatic carbocycles. The van der Waals surface area contributed by atoms with Crippen molar-refractivity contribution in [1.29, 1.82) is 0 Å². The van der Waals surface area contributed by atoms with Gasteiger partial charge < -0.3 is 11.1 Å². The third-order valence-electron chi connectivity index (χ3n) is 5.94. The minimum atomic E-state index is -4.37. The van der Waals surface area contributed by atoms with Crippen molar-refractivity contribution in [1.82, 2.24) is 9.97 Å². The highest BCUT2D eigenvalue weighted by atomic mass is 32.1. The lowest BCUT2D eigenvalue weighted by Gasteiger charge is -2.13. The van der Waals surface area contributed by atoms with E-state index in [0.29, 0.717) is 18.1 Å². The summed E-state index contributed by atoms with van der Waals surface area (Å²) in [6.07, 6.45) is -0.412. The number of aromatic nitrogens is 2. The predicted molar refractivity (Wildman–Crippen MR) is 140 cm³/mol. The Kier molecular flexibility index (Phi) is 6.90. The SMILES string of the molecule is N[C@H](CNc1nc(-c2ccc(F)cc2)c(-c2ccc3cnccc3c2)s1)Cc1ccc(C(F)(F)F)cc1. The van der Waals surface area contributed by atoms with E-state index in [1.807, 2.05) is 18.2 Å². The molecular formula is C28H22F4N4S. The van der Waals surface area contributed by atoms with Gasteiger partial charge in [0.25, 0.3) is 0 Å². The zero-order valence-electron chi connectivity index (χ0n) is 19.5. The van der Waals surface area contributed by atoms with E-state index in [0.717, 1.165) is 50.2 Å². The summed E-state index contributed by atoms with van der Waals surface area (Å²) in [7, 11) is 0. The Morgan fingerprint density at radius 1 is 0.892 bits per heavy atom. The van der Waals surface area contributed by atoms with Gasteiger partial charge in [-0.2, -0.15) is 13.2 Å². The maximum Gasteiger partial charge on any atom is 0.416 e. The number of nitrogens with zero attached hydrogens (tertiary/aromatic N) is 2. The topological polar surface area (TPSA) is 63.8 Å². The molecule has 0 aliphatic heterocycles. The second-order valence-electron chi connectivity index (χ2n) is 8.68. The Morgan fingerprint density at radius 3 is 2.35 bits per heavy atom. The van der Waals surface area contributed by atoms with Gasteiger partial charge in [0.1, 0.15) is 5.82 Å². The van der Waals surface area contributed by atoms with Crippen molar-refractivity contribution in [3.8, 4) is 21.7 Å². The molecule has 0 fully saturated rings. The molecule has 2 heterocycles. The molecule has 9 heteroatoms. The minimum absolute atomic E-state index is 0.327. The van der Waals surface area contributed by atoms with Crippen LogP contribution >= 0.6 is 11.3 Å². The molecule has 0 saturated heterocycles. The lowest BCUT2D eigenvalue weighted by molar-refractivity contribution is -0.137. The Balaban J connectivity index is 1.37. The van der Waals surface area contributed by atoms with Crippen LogP contribution in [-0.2, 0) is 12.6 Å². The quantitative estimate of drug-likeness (QED) is 0.223. The average molecular weight is 523 g/mol. The van der Waals surface area contributed by atoms with Crippen LogP contribution in [0.3, 0.4) is 0 Å². The van der Waals surface area contributed by atoms with Crippen molar-refractivity contribution in [2.45, 2.75) is 18.6 Å². The zero-order chi connectivity index (χ0) is 26.0. The number of rotatable bonds is 7. The van der Waals surface area contributed by atoms with Crippen LogP contribution in [0.25, 0.3) is 32.5 Å². The second kappa shape index (κ2) is 10.3. The van der Waals surface area contributed by atoms with Gasteiger partial charge in [0, 0.05) is 35.9 Å². The molecule has 0 radical (unpaired) electrons. The van der Waals surface area contributed by atoms with Gasteiger partial charge in [-0.1, -0.05) is 35.6 Å². The summed E-state index contributed by atoms with van der Waals surface area (Å²) < 4.78 is 52.0. The molecular weight excluding hydrogens is 500 g/mol. The summed E-state index contributed by atoms with van der Waals surface area (Å²) in [4.78, 5) is 9.86. The highest BCUT2D eigenvalue weighted by Gasteiger charge is 2.30. The van der Waals surface area contributed by atoms with E-state index < -0.39 is 11.7 Å². The van der Waals surface area contributed by atoms with Gasteiger partial charge in [-0.05, 0) is 71.5 Å². The minimum Gasteiger partial charge on any atom is -0.360 e. The summed E-state index contributed by atoms with van der Waals surface area (Å²) in [5.41, 5.74) is 8.78. The third-order valence-corrected chi connectivity index (χ3v) is 7.00. The number of nitrogens with two attached hydrogens (primary N) is 1. The zero-order valence-corrected chi connectivity index (χ0v) is 20.3. The van der Waals surface area contributed by atoms with Crippen molar-refractivity contribution in [3.63, 3.8) is 0 Å². The Morgan fingerprint density at radius 2 is 1.62 bits per heavy atom. The molecule has 0 bridgehead atoms. The van der Waals surface area contributed by atoms with Crippen molar-refractivity contribution < 1.29 is 17.6 Å². The van der Waals surface area contributed by atoms with Gasteiger partial charge in [-0.15, -0.1) is 0 Å².